The van der Waals surface area contributed by atoms with Crippen LogP contribution in [0.2, 0.25) is 0 Å². The van der Waals surface area contributed by atoms with Crippen LogP contribution in [-0.2, 0) is 4.74 Å². The largest absolute Gasteiger partial charge is 0.393 e. The minimum Gasteiger partial charge on any atom is -0.393 e. The second-order valence-electron chi connectivity index (χ2n) is 8.24. The van der Waals surface area contributed by atoms with Gasteiger partial charge in [-0.3, -0.25) is 0 Å². The lowest BCUT2D eigenvalue weighted by Gasteiger charge is -2.14. The minimum atomic E-state index is -0.736. The molecule has 1 fully saturated rings. The van der Waals surface area contributed by atoms with Gasteiger partial charge in [0.25, 0.3) is 0 Å². The number of aliphatic hydroxyl groups is 3. The number of ether oxygens (including phenoxy) is 1. The third-order valence-corrected chi connectivity index (χ3v) is 5.80. The van der Waals surface area contributed by atoms with E-state index in [-0.39, 0.29) is 12.5 Å². The minimum absolute atomic E-state index is 0.121. The first kappa shape index (κ1) is 23.0. The maximum atomic E-state index is 9.85. The van der Waals surface area contributed by atoms with Crippen molar-refractivity contribution in [1.82, 2.24) is 9.55 Å². The molecule has 7 nitrogen and oxygen atoms in total. The van der Waals surface area contributed by atoms with Crippen LogP contribution in [0.5, 0.6) is 0 Å². The zero-order chi connectivity index (χ0) is 23.2. The highest BCUT2D eigenvalue weighted by Gasteiger charge is 2.25. The Morgan fingerprint density at radius 3 is 2.42 bits per heavy atom. The van der Waals surface area contributed by atoms with Crippen LogP contribution < -0.4 is 5.32 Å². The van der Waals surface area contributed by atoms with Gasteiger partial charge in [0.1, 0.15) is 18.0 Å². The Balaban J connectivity index is 1.39. The normalized spacial score (nSPS) is 19.5. The van der Waals surface area contributed by atoms with E-state index in [1.165, 1.54) is 0 Å². The Hall–Kier alpha value is -3.15. The van der Waals surface area contributed by atoms with E-state index in [0.29, 0.717) is 25.6 Å². The Kier molecular flexibility index (Phi) is 7.43. The van der Waals surface area contributed by atoms with Crippen molar-refractivity contribution in [3.63, 3.8) is 0 Å². The SMILES string of the molecule is C[C@H](O)c1nccn1[C@@H](C#Cc1ccc(-c2ccc(NCC3COCC3O)cc2)cc1)CO. The van der Waals surface area contributed by atoms with Crippen LogP contribution in [0, 0.1) is 17.8 Å². The molecular weight excluding hydrogens is 418 g/mol. The first-order valence-electron chi connectivity index (χ1n) is 11.1. The maximum Gasteiger partial charge on any atom is 0.138 e. The summed E-state index contributed by atoms with van der Waals surface area (Å²) in [5.74, 6) is 6.77. The topological polar surface area (TPSA) is 99.8 Å². The fourth-order valence-corrected chi connectivity index (χ4v) is 3.84. The molecule has 4 rings (SSSR count). The predicted octanol–water partition coefficient (Wildman–Crippen LogP) is 2.61. The van der Waals surface area contributed by atoms with Gasteiger partial charge in [0.2, 0.25) is 0 Å². The van der Waals surface area contributed by atoms with Crippen LogP contribution in [0.4, 0.5) is 5.69 Å². The number of nitrogens with zero attached hydrogens (tertiary/aromatic N) is 2. The number of rotatable bonds is 7. The van der Waals surface area contributed by atoms with Crippen molar-refractivity contribution in [3.8, 4) is 23.0 Å². The Morgan fingerprint density at radius 2 is 1.82 bits per heavy atom. The summed E-state index contributed by atoms with van der Waals surface area (Å²) in [6, 6.07) is 15.6. The molecular formula is C26H29N3O4. The lowest BCUT2D eigenvalue weighted by Crippen LogP contribution is -2.25. The summed E-state index contributed by atoms with van der Waals surface area (Å²) in [5.41, 5.74) is 4.02. The molecule has 0 spiro atoms. The van der Waals surface area contributed by atoms with Gasteiger partial charge in [-0.2, -0.15) is 0 Å². The monoisotopic (exact) mass is 447 g/mol. The van der Waals surface area contributed by atoms with E-state index >= 15 is 0 Å². The van der Waals surface area contributed by atoms with Gasteiger partial charge >= 0.3 is 0 Å². The molecule has 7 heteroatoms. The van der Waals surface area contributed by atoms with Gasteiger partial charge in [0.05, 0.1) is 25.9 Å². The van der Waals surface area contributed by atoms with Gasteiger partial charge < -0.3 is 29.9 Å². The molecule has 0 bridgehead atoms. The van der Waals surface area contributed by atoms with Gasteiger partial charge in [-0.1, -0.05) is 36.1 Å². The van der Waals surface area contributed by atoms with E-state index in [1.807, 2.05) is 36.4 Å². The van der Waals surface area contributed by atoms with Crippen LogP contribution in [-0.4, -0.2) is 57.3 Å². The predicted molar refractivity (Wildman–Crippen MR) is 127 cm³/mol. The maximum absolute atomic E-state index is 9.85. The number of anilines is 1. The van der Waals surface area contributed by atoms with Gasteiger partial charge in [0.15, 0.2) is 0 Å². The molecule has 0 radical (unpaired) electrons. The molecule has 4 atom stereocenters. The summed E-state index contributed by atoms with van der Waals surface area (Å²) in [7, 11) is 0. The zero-order valence-corrected chi connectivity index (χ0v) is 18.6. The second kappa shape index (κ2) is 10.6. The van der Waals surface area contributed by atoms with Crippen LogP contribution in [0.15, 0.2) is 60.9 Å². The van der Waals surface area contributed by atoms with Crippen molar-refractivity contribution in [2.24, 2.45) is 5.92 Å². The van der Waals surface area contributed by atoms with Crippen LogP contribution in [0.25, 0.3) is 11.1 Å². The first-order chi connectivity index (χ1) is 16.0. The Bertz CT molecular complexity index is 1100. The average Bonchev–Trinajstić information content (AvgIpc) is 3.48. The van der Waals surface area contributed by atoms with Crippen molar-refractivity contribution in [2.75, 3.05) is 31.7 Å². The lowest BCUT2D eigenvalue weighted by atomic mass is 10.0. The quantitative estimate of drug-likeness (QED) is 0.416. The van der Waals surface area contributed by atoms with E-state index in [4.69, 9.17) is 4.74 Å². The zero-order valence-electron chi connectivity index (χ0n) is 18.6. The summed E-state index contributed by atoms with van der Waals surface area (Å²) in [6.45, 7) is 3.15. The van der Waals surface area contributed by atoms with Crippen molar-refractivity contribution in [1.29, 1.82) is 0 Å². The molecule has 33 heavy (non-hydrogen) atoms. The molecule has 1 aromatic heterocycles. The van der Waals surface area contributed by atoms with E-state index in [1.54, 1.807) is 23.9 Å². The van der Waals surface area contributed by atoms with Crippen molar-refractivity contribution in [2.45, 2.75) is 25.2 Å². The molecule has 0 saturated carbocycles. The van der Waals surface area contributed by atoms with Crippen molar-refractivity contribution in [3.05, 3.63) is 72.3 Å². The summed E-state index contributed by atoms with van der Waals surface area (Å²) in [4.78, 5) is 4.14. The van der Waals surface area contributed by atoms with Gasteiger partial charge in [-0.25, -0.2) is 4.98 Å². The van der Waals surface area contributed by atoms with Crippen LogP contribution in [0.1, 0.15) is 30.5 Å². The van der Waals surface area contributed by atoms with Crippen LogP contribution >= 0.6 is 0 Å². The fourth-order valence-electron chi connectivity index (χ4n) is 3.84. The summed E-state index contributed by atoms with van der Waals surface area (Å²) in [6.07, 6.45) is 2.17. The second-order valence-corrected chi connectivity index (χ2v) is 8.24. The number of aromatic nitrogens is 2. The molecule has 0 amide bonds. The van der Waals surface area contributed by atoms with Crippen molar-refractivity contribution >= 4 is 5.69 Å². The van der Waals surface area contributed by atoms with E-state index < -0.39 is 18.2 Å². The molecule has 2 aromatic carbocycles. The number of benzene rings is 2. The smallest absolute Gasteiger partial charge is 0.138 e. The molecule has 2 unspecified atom stereocenters. The summed E-state index contributed by atoms with van der Waals surface area (Å²) in [5, 5.41) is 32.8. The highest BCUT2D eigenvalue weighted by molar-refractivity contribution is 5.66. The van der Waals surface area contributed by atoms with E-state index in [0.717, 1.165) is 22.4 Å². The highest BCUT2D eigenvalue weighted by Crippen LogP contribution is 2.23. The summed E-state index contributed by atoms with van der Waals surface area (Å²) < 4.78 is 6.98. The van der Waals surface area contributed by atoms with Gasteiger partial charge in [0, 0.05) is 36.1 Å². The first-order valence-corrected chi connectivity index (χ1v) is 11.1. The van der Waals surface area contributed by atoms with Crippen LogP contribution in [0.3, 0.4) is 0 Å². The van der Waals surface area contributed by atoms with Gasteiger partial charge in [-0.05, 0) is 42.3 Å². The van der Waals surface area contributed by atoms with E-state index in [2.05, 4.69) is 34.3 Å². The molecule has 0 aliphatic carbocycles. The average molecular weight is 448 g/mol. The lowest BCUT2D eigenvalue weighted by molar-refractivity contribution is 0.120. The number of aliphatic hydroxyl groups excluding tert-OH is 3. The number of hydrogen-bond acceptors (Lipinski definition) is 6. The van der Waals surface area contributed by atoms with Gasteiger partial charge in [-0.15, -0.1) is 0 Å². The number of hydrogen-bond donors (Lipinski definition) is 4. The molecule has 4 N–H and O–H groups in total. The van der Waals surface area contributed by atoms with E-state index in [9.17, 15) is 15.3 Å². The molecule has 172 valence electrons. The highest BCUT2D eigenvalue weighted by atomic mass is 16.5. The number of imidazole rings is 1. The molecule has 1 saturated heterocycles. The van der Waals surface area contributed by atoms with Crippen molar-refractivity contribution < 1.29 is 20.1 Å². The standard InChI is InChI=1S/C26H29N3O4/c1-18(31)26-27-12-13-29(26)24(15-30)11-4-19-2-5-20(6-3-19)21-7-9-23(10-8-21)28-14-22-16-33-17-25(22)32/h2-3,5-10,12-13,18,22,24-25,28,30-32H,14-17H2,1H3/t18-,22?,24-,25?/m0/s1. The Labute approximate surface area is 193 Å². The molecule has 2 heterocycles. The third kappa shape index (κ3) is 5.62. The molecule has 1 aliphatic heterocycles. The molecule has 1 aliphatic rings. The number of nitrogens with one attached hydrogen (secondary N) is 1. The Morgan fingerprint density at radius 1 is 1.12 bits per heavy atom. The third-order valence-electron chi connectivity index (χ3n) is 5.80. The summed E-state index contributed by atoms with van der Waals surface area (Å²) >= 11 is 0. The fraction of sp³-hybridized carbons (Fsp3) is 0.346. The molecule has 3 aromatic rings.